The van der Waals surface area contributed by atoms with E-state index in [4.69, 9.17) is 10.8 Å². The molecule has 0 atom stereocenters. The zero-order chi connectivity index (χ0) is 21.9. The maximum Gasteiger partial charge on any atom is 0.148 e. The van der Waals surface area contributed by atoms with E-state index < -0.39 is 0 Å². The summed E-state index contributed by atoms with van der Waals surface area (Å²) in [5.74, 6) is 7.17. The van der Waals surface area contributed by atoms with E-state index in [-0.39, 0.29) is 5.41 Å². The van der Waals surface area contributed by atoms with E-state index in [1.165, 1.54) is 23.7 Å². The van der Waals surface area contributed by atoms with Crippen molar-refractivity contribution in [1.29, 1.82) is 0 Å². The van der Waals surface area contributed by atoms with Crippen LogP contribution in [0.2, 0.25) is 0 Å². The van der Waals surface area contributed by atoms with E-state index in [9.17, 15) is 0 Å². The van der Waals surface area contributed by atoms with Crippen LogP contribution in [0.25, 0.3) is 11.0 Å². The number of pyridine rings is 1. The molecule has 4 N–H and O–H groups in total. The van der Waals surface area contributed by atoms with E-state index in [1.807, 2.05) is 32.3 Å². The third-order valence-electron chi connectivity index (χ3n) is 5.91. The van der Waals surface area contributed by atoms with E-state index in [2.05, 4.69) is 53.9 Å². The van der Waals surface area contributed by atoms with Crippen molar-refractivity contribution in [3.05, 3.63) is 78.7 Å². The summed E-state index contributed by atoms with van der Waals surface area (Å²) >= 11 is 0. The van der Waals surface area contributed by atoms with Gasteiger partial charge in [0.1, 0.15) is 5.82 Å². The highest BCUT2D eigenvalue weighted by Gasteiger charge is 2.50. The van der Waals surface area contributed by atoms with E-state index in [0.717, 1.165) is 41.1 Å². The Bertz CT molecular complexity index is 1060. The molecule has 1 aliphatic heterocycles. The number of aryl methyl sites for hydroxylation is 1. The summed E-state index contributed by atoms with van der Waals surface area (Å²) in [5, 5.41) is 0. The number of fused-ring (bicyclic) bond motifs is 3. The lowest BCUT2D eigenvalue weighted by Crippen LogP contribution is -2.37. The summed E-state index contributed by atoms with van der Waals surface area (Å²) in [6, 6.07) is 8.32. The lowest BCUT2D eigenvalue weighted by atomic mass is 9.64. The highest BCUT2D eigenvalue weighted by molar-refractivity contribution is 5.77. The zero-order valence-corrected chi connectivity index (χ0v) is 18.2. The molecule has 1 aliphatic carbocycles. The second-order valence-electron chi connectivity index (χ2n) is 7.49. The molecule has 1 spiro atoms. The highest BCUT2D eigenvalue weighted by atomic mass is 15.3. The zero-order valence-electron chi connectivity index (χ0n) is 18.2. The van der Waals surface area contributed by atoms with Crippen molar-refractivity contribution >= 4 is 16.7 Å². The van der Waals surface area contributed by atoms with E-state index >= 15 is 0 Å². The smallest absolute Gasteiger partial charge is 0.148 e. The van der Waals surface area contributed by atoms with Crippen LogP contribution in [-0.2, 0) is 12.0 Å². The minimum atomic E-state index is 0.0975. The molecule has 3 heterocycles. The molecule has 0 bridgehead atoms. The molecular formula is C24H32N6. The number of benzene rings is 1. The molecule has 6 heteroatoms. The van der Waals surface area contributed by atoms with Gasteiger partial charge in [0.25, 0.3) is 0 Å². The largest absolute Gasteiger partial charge is 0.405 e. The Hall–Kier alpha value is -3.28. The van der Waals surface area contributed by atoms with Crippen LogP contribution in [0.5, 0.6) is 0 Å². The van der Waals surface area contributed by atoms with Gasteiger partial charge in [-0.3, -0.25) is 4.98 Å². The van der Waals surface area contributed by atoms with Gasteiger partial charge in [-0.05, 0) is 55.3 Å². The van der Waals surface area contributed by atoms with Crippen molar-refractivity contribution in [1.82, 2.24) is 14.6 Å². The van der Waals surface area contributed by atoms with Crippen LogP contribution in [-0.4, -0.2) is 14.6 Å². The van der Waals surface area contributed by atoms with Crippen LogP contribution in [0.1, 0.15) is 50.1 Å². The molecule has 1 fully saturated rings. The summed E-state index contributed by atoms with van der Waals surface area (Å²) in [7, 11) is 0. The number of nitrogens with two attached hydrogens (primary N) is 2. The number of imidazole rings is 1. The number of hydrogen-bond donors (Lipinski definition) is 2. The Labute approximate surface area is 178 Å². The molecule has 2 aromatic heterocycles. The third-order valence-corrected chi connectivity index (χ3v) is 5.91. The van der Waals surface area contributed by atoms with Crippen LogP contribution < -0.4 is 16.5 Å². The number of allylic oxidation sites excluding steroid dienone is 1. The Kier molecular flexibility index (Phi) is 6.15. The molecule has 2 aliphatic rings. The maximum absolute atomic E-state index is 6.33. The SMILES string of the molecule is C=C1N(Cc2nc3cc(C)ccc3n2N)c2cnccc2C12CCC2.C=CN.CC. The van der Waals surface area contributed by atoms with Gasteiger partial charge in [0, 0.05) is 17.3 Å². The molecule has 0 radical (unpaired) electrons. The highest BCUT2D eigenvalue weighted by Crippen LogP contribution is 2.57. The predicted octanol–water partition coefficient (Wildman–Crippen LogP) is 4.52. The van der Waals surface area contributed by atoms with Gasteiger partial charge >= 0.3 is 0 Å². The van der Waals surface area contributed by atoms with Crippen molar-refractivity contribution < 1.29 is 0 Å². The minimum absolute atomic E-state index is 0.0975. The molecular weight excluding hydrogens is 372 g/mol. The number of anilines is 1. The fourth-order valence-corrected chi connectivity index (χ4v) is 4.35. The second-order valence-corrected chi connectivity index (χ2v) is 7.49. The Morgan fingerprint density at radius 2 is 1.93 bits per heavy atom. The number of aromatic nitrogens is 3. The van der Waals surface area contributed by atoms with Crippen LogP contribution >= 0.6 is 0 Å². The molecule has 5 rings (SSSR count). The summed E-state index contributed by atoms with van der Waals surface area (Å²) in [4.78, 5) is 11.4. The van der Waals surface area contributed by atoms with Gasteiger partial charge in [-0.25, -0.2) is 9.66 Å². The standard InChI is InChI=1S/C20H21N5.C2H5N.C2H6/c1-13-4-5-17-16(10-13)23-19(25(17)21)12-24-14(2)20(7-3-8-20)15-6-9-22-11-18(15)24;1-2-3;1-2/h4-6,9-11H,2-3,7-8,12,21H2,1H3;2H,1,3H2;1-2H3. The van der Waals surface area contributed by atoms with Gasteiger partial charge in [-0.15, -0.1) is 0 Å². The number of rotatable bonds is 2. The lowest BCUT2D eigenvalue weighted by Gasteiger charge is -2.40. The van der Waals surface area contributed by atoms with Crippen molar-refractivity contribution in [2.45, 2.75) is 52.0 Å². The van der Waals surface area contributed by atoms with Gasteiger partial charge in [-0.1, -0.05) is 39.5 Å². The molecule has 30 heavy (non-hydrogen) atoms. The molecule has 158 valence electrons. The number of nitrogen functional groups attached to an aromatic ring is 1. The molecule has 0 saturated heterocycles. The first-order valence-corrected chi connectivity index (χ1v) is 10.5. The third kappa shape index (κ3) is 3.32. The van der Waals surface area contributed by atoms with Crippen LogP contribution in [0.15, 0.2) is 61.7 Å². The van der Waals surface area contributed by atoms with E-state index in [1.54, 1.807) is 4.68 Å². The van der Waals surface area contributed by atoms with E-state index in [0.29, 0.717) is 6.54 Å². The van der Waals surface area contributed by atoms with Crippen molar-refractivity contribution in [2.75, 3.05) is 10.7 Å². The minimum Gasteiger partial charge on any atom is -0.405 e. The molecule has 3 aromatic rings. The molecule has 1 aromatic carbocycles. The molecule has 6 nitrogen and oxygen atoms in total. The van der Waals surface area contributed by atoms with Gasteiger partial charge < -0.3 is 16.5 Å². The first-order chi connectivity index (χ1) is 14.5. The molecule has 0 unspecified atom stereocenters. The monoisotopic (exact) mass is 404 g/mol. The summed E-state index contributed by atoms with van der Waals surface area (Å²) in [6.45, 7) is 14.3. The Morgan fingerprint density at radius 1 is 1.23 bits per heavy atom. The first kappa shape index (κ1) is 21.4. The van der Waals surface area contributed by atoms with Crippen LogP contribution in [0, 0.1) is 6.92 Å². The van der Waals surface area contributed by atoms with Crippen molar-refractivity contribution in [3.8, 4) is 0 Å². The van der Waals surface area contributed by atoms with Gasteiger partial charge in [0.15, 0.2) is 0 Å². The predicted molar refractivity (Wildman–Crippen MR) is 125 cm³/mol. The summed E-state index contributed by atoms with van der Waals surface area (Å²) in [6.07, 6.45) is 8.66. The lowest BCUT2D eigenvalue weighted by molar-refractivity contribution is 0.301. The van der Waals surface area contributed by atoms with Gasteiger partial charge in [0.2, 0.25) is 0 Å². The van der Waals surface area contributed by atoms with Crippen LogP contribution in [0.3, 0.4) is 0 Å². The molecule has 1 saturated carbocycles. The fourth-order valence-electron chi connectivity index (χ4n) is 4.35. The van der Waals surface area contributed by atoms with Crippen molar-refractivity contribution in [2.24, 2.45) is 5.73 Å². The Balaban J connectivity index is 0.000000473. The van der Waals surface area contributed by atoms with Gasteiger partial charge in [0.05, 0.1) is 29.5 Å². The van der Waals surface area contributed by atoms with Gasteiger partial charge in [-0.2, -0.15) is 0 Å². The topological polar surface area (TPSA) is 86.0 Å². The number of hydrogen-bond acceptors (Lipinski definition) is 5. The normalized spacial score (nSPS) is 15.6. The number of nitrogens with zero attached hydrogens (tertiary/aromatic N) is 4. The molecule has 0 amide bonds. The average molecular weight is 405 g/mol. The summed E-state index contributed by atoms with van der Waals surface area (Å²) in [5.41, 5.74) is 11.4. The summed E-state index contributed by atoms with van der Waals surface area (Å²) < 4.78 is 1.70. The quantitative estimate of drug-likeness (QED) is 0.613. The Morgan fingerprint density at radius 3 is 2.57 bits per heavy atom. The van der Waals surface area contributed by atoms with Crippen LogP contribution in [0.4, 0.5) is 5.69 Å². The maximum atomic E-state index is 6.33. The second kappa shape index (κ2) is 8.61. The fraction of sp³-hybridized carbons (Fsp3) is 0.333. The first-order valence-electron chi connectivity index (χ1n) is 10.5. The van der Waals surface area contributed by atoms with Crippen molar-refractivity contribution in [3.63, 3.8) is 0 Å². The average Bonchev–Trinajstić information content (AvgIpc) is 3.16.